The van der Waals surface area contributed by atoms with Crippen LogP contribution in [-0.2, 0) is 9.53 Å². The minimum Gasteiger partial charge on any atom is -0.480 e. The van der Waals surface area contributed by atoms with E-state index in [1.165, 1.54) is 6.92 Å². The topological polar surface area (TPSA) is 146 Å². The van der Waals surface area contributed by atoms with Crippen LogP contribution in [0.5, 0.6) is 0 Å². The highest BCUT2D eigenvalue weighted by Crippen LogP contribution is 2.44. The molecule has 1 aliphatic rings. The van der Waals surface area contributed by atoms with E-state index in [0.29, 0.717) is 0 Å². The van der Waals surface area contributed by atoms with Crippen LogP contribution in [0, 0.1) is 0 Å². The van der Waals surface area contributed by atoms with Gasteiger partial charge >= 0.3 is 12.1 Å². The molecule has 0 radical (unpaired) electrons. The third-order valence-corrected chi connectivity index (χ3v) is 5.83. The smallest absolute Gasteiger partial charge is 0.414 e. The lowest BCUT2D eigenvalue weighted by Crippen LogP contribution is -2.51. The first-order valence-corrected chi connectivity index (χ1v) is 10.4. The number of rotatable bonds is 7. The molecule has 10 heteroatoms. The van der Waals surface area contributed by atoms with E-state index in [1.807, 2.05) is 48.5 Å². The lowest BCUT2D eigenvalue weighted by molar-refractivity contribution is -0.143. The molecule has 10 nitrogen and oxygen atoms in total. The Balaban J connectivity index is 1.38. The standard InChI is InChI=1S/C23H23N5O5/c1-3-23(2,20(30)31)26-19(29)18-24-21(28-27-18)25-22(32)33-12-17-15-10-6-4-8-13(15)14-9-5-7-11-16(14)17/h4-11,17H,3,12H2,1-2H3,(H,26,29)(H,30,31)(H2,24,25,27,28,32). The first kappa shape index (κ1) is 22.0. The fourth-order valence-corrected chi connectivity index (χ4v) is 3.75. The number of carbonyl (C=O) groups excluding carboxylic acids is 2. The number of hydrogen-bond acceptors (Lipinski definition) is 6. The van der Waals surface area contributed by atoms with Crippen molar-refractivity contribution < 1.29 is 24.2 Å². The molecule has 0 saturated heterocycles. The van der Waals surface area contributed by atoms with Crippen LogP contribution in [0.2, 0.25) is 0 Å². The molecule has 0 fully saturated rings. The van der Waals surface area contributed by atoms with Gasteiger partial charge in [-0.15, -0.1) is 5.10 Å². The predicted octanol–water partition coefficient (Wildman–Crippen LogP) is 3.15. The van der Waals surface area contributed by atoms with Gasteiger partial charge in [0.25, 0.3) is 11.9 Å². The number of aromatic nitrogens is 3. The van der Waals surface area contributed by atoms with Gasteiger partial charge in [-0.3, -0.25) is 15.2 Å². The average Bonchev–Trinajstić information content (AvgIpc) is 3.40. The van der Waals surface area contributed by atoms with E-state index in [4.69, 9.17) is 4.74 Å². The maximum atomic E-state index is 12.3. The summed E-state index contributed by atoms with van der Waals surface area (Å²) in [6.07, 6.45) is -0.598. The maximum absolute atomic E-state index is 12.3. The normalized spacial score (nSPS) is 14.0. The Bertz CT molecular complexity index is 1180. The van der Waals surface area contributed by atoms with Gasteiger partial charge < -0.3 is 15.2 Å². The number of nitrogens with zero attached hydrogens (tertiary/aromatic N) is 2. The van der Waals surface area contributed by atoms with Crippen molar-refractivity contribution in [3.8, 4) is 11.1 Å². The first-order chi connectivity index (χ1) is 15.8. The average molecular weight is 449 g/mol. The molecule has 2 amide bonds. The van der Waals surface area contributed by atoms with Crippen LogP contribution >= 0.6 is 0 Å². The number of benzene rings is 2. The molecule has 33 heavy (non-hydrogen) atoms. The Labute approximate surface area is 189 Å². The van der Waals surface area contributed by atoms with Crippen LogP contribution in [0.1, 0.15) is 47.9 Å². The molecule has 1 aliphatic carbocycles. The SMILES string of the molecule is CCC(C)(NC(=O)c1nc(NC(=O)OCC2c3ccccc3-c3ccccc32)n[nH]1)C(=O)O. The van der Waals surface area contributed by atoms with E-state index in [9.17, 15) is 19.5 Å². The van der Waals surface area contributed by atoms with Gasteiger partial charge in [0.05, 0.1) is 0 Å². The summed E-state index contributed by atoms with van der Waals surface area (Å²) in [6.45, 7) is 3.14. The van der Waals surface area contributed by atoms with Crippen molar-refractivity contribution in [1.29, 1.82) is 0 Å². The van der Waals surface area contributed by atoms with E-state index >= 15 is 0 Å². The molecular weight excluding hydrogens is 426 g/mol. The molecule has 1 heterocycles. The first-order valence-electron chi connectivity index (χ1n) is 10.4. The van der Waals surface area contributed by atoms with Crippen LogP contribution in [0.15, 0.2) is 48.5 Å². The van der Waals surface area contributed by atoms with Gasteiger partial charge in [0.2, 0.25) is 5.82 Å². The quantitative estimate of drug-likeness (QED) is 0.433. The van der Waals surface area contributed by atoms with Crippen LogP contribution in [-0.4, -0.2) is 50.4 Å². The van der Waals surface area contributed by atoms with Crippen LogP contribution in [0.25, 0.3) is 11.1 Å². The maximum Gasteiger partial charge on any atom is 0.414 e. The molecule has 0 aliphatic heterocycles. The third kappa shape index (κ3) is 4.27. The fourth-order valence-electron chi connectivity index (χ4n) is 3.75. The lowest BCUT2D eigenvalue weighted by Gasteiger charge is -2.23. The summed E-state index contributed by atoms with van der Waals surface area (Å²) >= 11 is 0. The highest BCUT2D eigenvalue weighted by Gasteiger charge is 2.34. The second-order valence-electron chi connectivity index (χ2n) is 7.90. The van der Waals surface area contributed by atoms with Gasteiger partial charge in [-0.1, -0.05) is 55.5 Å². The van der Waals surface area contributed by atoms with Crippen LogP contribution in [0.4, 0.5) is 10.7 Å². The Morgan fingerprint density at radius 1 is 1.09 bits per heavy atom. The number of ether oxygens (including phenoxy) is 1. The third-order valence-electron chi connectivity index (χ3n) is 5.83. The van der Waals surface area contributed by atoms with Crippen molar-refractivity contribution in [3.05, 3.63) is 65.5 Å². The van der Waals surface area contributed by atoms with Crippen molar-refractivity contribution in [1.82, 2.24) is 20.5 Å². The molecular formula is C23H23N5O5. The lowest BCUT2D eigenvalue weighted by atomic mass is 9.98. The number of aromatic amines is 1. The molecule has 0 bridgehead atoms. The van der Waals surface area contributed by atoms with E-state index in [0.717, 1.165) is 22.3 Å². The molecule has 4 N–H and O–H groups in total. The Morgan fingerprint density at radius 2 is 1.70 bits per heavy atom. The van der Waals surface area contributed by atoms with E-state index in [2.05, 4.69) is 25.8 Å². The second kappa shape index (κ2) is 8.73. The van der Waals surface area contributed by atoms with Gasteiger partial charge in [0.15, 0.2) is 0 Å². The molecule has 1 aromatic heterocycles. The fraction of sp³-hybridized carbons (Fsp3) is 0.261. The summed E-state index contributed by atoms with van der Waals surface area (Å²) in [5, 5.41) is 20.2. The molecule has 1 atom stereocenters. The van der Waals surface area contributed by atoms with Crippen LogP contribution in [0.3, 0.4) is 0 Å². The van der Waals surface area contributed by atoms with Gasteiger partial charge in [0.1, 0.15) is 12.1 Å². The summed E-state index contributed by atoms with van der Waals surface area (Å²) in [5.74, 6) is -2.42. The number of anilines is 1. The number of fused-ring (bicyclic) bond motifs is 3. The summed E-state index contributed by atoms with van der Waals surface area (Å²) in [5.41, 5.74) is 2.95. The minimum absolute atomic E-state index is 0.0978. The largest absolute Gasteiger partial charge is 0.480 e. The summed E-state index contributed by atoms with van der Waals surface area (Å²) in [6, 6.07) is 16.0. The molecule has 1 unspecified atom stereocenters. The number of carbonyl (C=O) groups is 3. The number of amides is 2. The van der Waals surface area contributed by atoms with Gasteiger partial charge in [0, 0.05) is 5.92 Å². The van der Waals surface area contributed by atoms with E-state index in [-0.39, 0.29) is 30.7 Å². The number of nitrogens with one attached hydrogen (secondary N) is 3. The number of carboxylic acids is 1. The van der Waals surface area contributed by atoms with E-state index in [1.54, 1.807) is 6.92 Å². The van der Waals surface area contributed by atoms with Crippen molar-refractivity contribution >= 4 is 23.9 Å². The molecule has 4 rings (SSSR count). The Kier molecular flexibility index (Phi) is 5.82. The van der Waals surface area contributed by atoms with E-state index < -0.39 is 23.5 Å². The van der Waals surface area contributed by atoms with Gasteiger partial charge in [-0.25, -0.2) is 9.59 Å². The number of carboxylic acid groups (broad SMARTS) is 1. The zero-order chi connectivity index (χ0) is 23.6. The summed E-state index contributed by atoms with van der Waals surface area (Å²) in [7, 11) is 0. The highest BCUT2D eigenvalue weighted by atomic mass is 16.5. The van der Waals surface area contributed by atoms with Crippen molar-refractivity contribution in [2.24, 2.45) is 0 Å². The molecule has 0 saturated carbocycles. The van der Waals surface area contributed by atoms with Crippen molar-refractivity contribution in [2.75, 3.05) is 11.9 Å². The summed E-state index contributed by atoms with van der Waals surface area (Å²) < 4.78 is 5.42. The summed E-state index contributed by atoms with van der Waals surface area (Å²) in [4.78, 5) is 39.9. The molecule has 170 valence electrons. The molecule has 2 aromatic carbocycles. The van der Waals surface area contributed by atoms with Gasteiger partial charge in [-0.05, 0) is 35.6 Å². The Hall–Kier alpha value is -4.21. The zero-order valence-corrected chi connectivity index (χ0v) is 18.1. The number of aliphatic carboxylic acids is 1. The highest BCUT2D eigenvalue weighted by molar-refractivity contribution is 5.95. The second-order valence-corrected chi connectivity index (χ2v) is 7.90. The van der Waals surface area contributed by atoms with Crippen LogP contribution < -0.4 is 10.6 Å². The number of H-pyrrole nitrogens is 1. The zero-order valence-electron chi connectivity index (χ0n) is 18.1. The van der Waals surface area contributed by atoms with Crippen molar-refractivity contribution in [2.45, 2.75) is 31.7 Å². The van der Waals surface area contributed by atoms with Crippen molar-refractivity contribution in [3.63, 3.8) is 0 Å². The predicted molar refractivity (Wildman–Crippen MR) is 119 cm³/mol. The number of hydrogen-bond donors (Lipinski definition) is 4. The van der Waals surface area contributed by atoms with Gasteiger partial charge in [-0.2, -0.15) is 4.98 Å². The minimum atomic E-state index is -1.45. The molecule has 3 aromatic rings. The monoisotopic (exact) mass is 449 g/mol. The molecule has 0 spiro atoms. The Morgan fingerprint density at radius 3 is 2.27 bits per heavy atom.